The molecule has 0 unspecified atom stereocenters. The molecule has 1 aromatic carbocycles. The molecule has 0 atom stereocenters. The molecular weight excluding hydrogens is 242 g/mol. The molecule has 104 valence electrons. The minimum absolute atomic E-state index is 0.0542. The molecule has 2 rings (SSSR count). The third kappa shape index (κ3) is 3.63. The van der Waals surface area contributed by atoms with Gasteiger partial charge in [0, 0.05) is 0 Å². The average molecular weight is 263 g/mol. The Hall–Kier alpha value is -1.71. The first kappa shape index (κ1) is 13.7. The number of benzene rings is 1. The maximum Gasteiger partial charge on any atom is 0.338 e. The lowest BCUT2D eigenvalue weighted by Crippen LogP contribution is -2.17. The molecule has 0 radical (unpaired) electrons. The highest BCUT2D eigenvalue weighted by atomic mass is 16.5. The second-order valence-electron chi connectivity index (χ2n) is 4.98. The van der Waals surface area contributed by atoms with E-state index in [1.165, 1.54) is 20.0 Å². The first-order chi connectivity index (χ1) is 9.20. The fourth-order valence-corrected chi connectivity index (χ4v) is 2.42. The van der Waals surface area contributed by atoms with E-state index in [1.54, 1.807) is 18.2 Å². The van der Waals surface area contributed by atoms with Crippen LogP contribution in [0.4, 0.5) is 5.69 Å². The van der Waals surface area contributed by atoms with Crippen molar-refractivity contribution in [3.63, 3.8) is 0 Å². The Morgan fingerprint density at radius 3 is 2.53 bits per heavy atom. The SMILES string of the molecule is COc1cc(C(=O)OC2CCCCCC2)ccc1N. The van der Waals surface area contributed by atoms with Crippen molar-refractivity contribution in [2.75, 3.05) is 12.8 Å². The van der Waals surface area contributed by atoms with Gasteiger partial charge in [0.05, 0.1) is 18.4 Å². The van der Waals surface area contributed by atoms with Crippen LogP contribution in [0.2, 0.25) is 0 Å². The largest absolute Gasteiger partial charge is 0.495 e. The maximum atomic E-state index is 12.1. The molecule has 0 aliphatic heterocycles. The minimum Gasteiger partial charge on any atom is -0.495 e. The standard InChI is InChI=1S/C15H21NO3/c1-18-14-10-11(8-9-13(14)16)15(17)19-12-6-4-2-3-5-7-12/h8-10,12H,2-7,16H2,1H3. The third-order valence-electron chi connectivity index (χ3n) is 3.55. The summed E-state index contributed by atoms with van der Waals surface area (Å²) in [5.74, 6) is 0.223. The number of anilines is 1. The fourth-order valence-electron chi connectivity index (χ4n) is 2.42. The molecule has 1 aromatic rings. The van der Waals surface area contributed by atoms with Gasteiger partial charge in [0.1, 0.15) is 11.9 Å². The first-order valence-corrected chi connectivity index (χ1v) is 6.85. The lowest BCUT2D eigenvalue weighted by Gasteiger charge is -2.15. The third-order valence-corrected chi connectivity index (χ3v) is 3.55. The molecule has 0 aromatic heterocycles. The summed E-state index contributed by atoms with van der Waals surface area (Å²) in [7, 11) is 1.53. The number of esters is 1. The number of methoxy groups -OCH3 is 1. The molecule has 4 nitrogen and oxygen atoms in total. The first-order valence-electron chi connectivity index (χ1n) is 6.85. The number of nitrogen functional groups attached to an aromatic ring is 1. The smallest absolute Gasteiger partial charge is 0.338 e. The van der Waals surface area contributed by atoms with E-state index in [1.807, 2.05) is 0 Å². The fraction of sp³-hybridized carbons (Fsp3) is 0.533. The van der Waals surface area contributed by atoms with E-state index in [2.05, 4.69) is 0 Å². The number of rotatable bonds is 3. The molecule has 4 heteroatoms. The molecule has 1 aliphatic rings. The molecule has 0 spiro atoms. The number of ether oxygens (including phenoxy) is 2. The predicted octanol–water partition coefficient (Wildman–Crippen LogP) is 3.16. The maximum absolute atomic E-state index is 12.1. The normalized spacial score (nSPS) is 16.7. The Kier molecular flexibility index (Phi) is 4.66. The summed E-state index contributed by atoms with van der Waals surface area (Å²) in [4.78, 5) is 12.1. The van der Waals surface area contributed by atoms with Crippen molar-refractivity contribution in [2.45, 2.75) is 44.6 Å². The summed E-state index contributed by atoms with van der Waals surface area (Å²) in [5, 5.41) is 0. The van der Waals surface area contributed by atoms with Crippen LogP contribution >= 0.6 is 0 Å². The number of hydrogen-bond donors (Lipinski definition) is 1. The van der Waals surface area contributed by atoms with Crippen LogP contribution in [0.3, 0.4) is 0 Å². The highest BCUT2D eigenvalue weighted by molar-refractivity contribution is 5.90. The molecule has 1 saturated carbocycles. The van der Waals surface area contributed by atoms with Crippen LogP contribution in [-0.2, 0) is 4.74 Å². The highest BCUT2D eigenvalue weighted by Gasteiger charge is 2.18. The molecule has 0 bridgehead atoms. The van der Waals surface area contributed by atoms with Gasteiger partial charge >= 0.3 is 5.97 Å². The minimum atomic E-state index is -0.287. The second kappa shape index (κ2) is 6.45. The molecule has 1 aliphatic carbocycles. The Balaban J connectivity index is 2.02. The van der Waals surface area contributed by atoms with Crippen LogP contribution in [-0.4, -0.2) is 19.2 Å². The van der Waals surface area contributed by atoms with Gasteiger partial charge in [-0.1, -0.05) is 12.8 Å². The zero-order chi connectivity index (χ0) is 13.7. The van der Waals surface area contributed by atoms with E-state index in [0.29, 0.717) is 17.0 Å². The molecule has 0 amide bonds. The quantitative estimate of drug-likeness (QED) is 0.517. The van der Waals surface area contributed by atoms with E-state index in [4.69, 9.17) is 15.2 Å². The Morgan fingerprint density at radius 2 is 1.89 bits per heavy atom. The zero-order valence-electron chi connectivity index (χ0n) is 11.4. The number of carbonyl (C=O) groups excluding carboxylic acids is 1. The van der Waals surface area contributed by atoms with E-state index < -0.39 is 0 Å². The van der Waals surface area contributed by atoms with E-state index >= 15 is 0 Å². The van der Waals surface area contributed by atoms with Crippen LogP contribution in [0.5, 0.6) is 5.75 Å². The van der Waals surface area contributed by atoms with E-state index in [-0.39, 0.29) is 12.1 Å². The molecule has 1 fully saturated rings. The van der Waals surface area contributed by atoms with Crippen LogP contribution in [0.1, 0.15) is 48.9 Å². The van der Waals surface area contributed by atoms with Gasteiger partial charge in [0.25, 0.3) is 0 Å². The Morgan fingerprint density at radius 1 is 1.21 bits per heavy atom. The number of carbonyl (C=O) groups is 1. The lowest BCUT2D eigenvalue weighted by molar-refractivity contribution is 0.0267. The van der Waals surface area contributed by atoms with Gasteiger partial charge in [-0.05, 0) is 43.9 Å². The monoisotopic (exact) mass is 263 g/mol. The molecule has 0 saturated heterocycles. The van der Waals surface area contributed by atoms with Crippen molar-refractivity contribution >= 4 is 11.7 Å². The summed E-state index contributed by atoms with van der Waals surface area (Å²) >= 11 is 0. The summed E-state index contributed by atoms with van der Waals surface area (Å²) < 4.78 is 10.7. The summed E-state index contributed by atoms with van der Waals surface area (Å²) in [5.41, 5.74) is 6.75. The van der Waals surface area contributed by atoms with Crippen LogP contribution < -0.4 is 10.5 Å². The van der Waals surface area contributed by atoms with Crippen LogP contribution in [0, 0.1) is 0 Å². The van der Waals surface area contributed by atoms with Gasteiger partial charge in [-0.3, -0.25) is 0 Å². The Labute approximate surface area is 113 Å². The van der Waals surface area contributed by atoms with Gasteiger partial charge < -0.3 is 15.2 Å². The van der Waals surface area contributed by atoms with E-state index in [9.17, 15) is 4.79 Å². The lowest BCUT2D eigenvalue weighted by atomic mass is 10.1. The highest BCUT2D eigenvalue weighted by Crippen LogP contribution is 2.24. The summed E-state index contributed by atoms with van der Waals surface area (Å²) in [6.45, 7) is 0. The summed E-state index contributed by atoms with van der Waals surface area (Å²) in [6.07, 6.45) is 6.76. The van der Waals surface area contributed by atoms with Crippen molar-refractivity contribution in [3.8, 4) is 5.75 Å². The summed E-state index contributed by atoms with van der Waals surface area (Å²) in [6, 6.07) is 4.98. The average Bonchev–Trinajstić information content (AvgIpc) is 2.68. The van der Waals surface area contributed by atoms with Gasteiger partial charge in [-0.2, -0.15) is 0 Å². The predicted molar refractivity (Wildman–Crippen MR) is 74.3 cm³/mol. The van der Waals surface area contributed by atoms with Crippen LogP contribution in [0.15, 0.2) is 18.2 Å². The number of nitrogens with two attached hydrogens (primary N) is 1. The topological polar surface area (TPSA) is 61.5 Å². The van der Waals surface area contributed by atoms with Crippen molar-refractivity contribution < 1.29 is 14.3 Å². The van der Waals surface area contributed by atoms with Gasteiger partial charge in [0.15, 0.2) is 0 Å². The number of hydrogen-bond acceptors (Lipinski definition) is 4. The van der Waals surface area contributed by atoms with Crippen molar-refractivity contribution in [1.29, 1.82) is 0 Å². The molecule has 2 N–H and O–H groups in total. The van der Waals surface area contributed by atoms with Gasteiger partial charge in [-0.25, -0.2) is 4.79 Å². The Bertz CT molecular complexity index is 437. The van der Waals surface area contributed by atoms with Gasteiger partial charge in [-0.15, -0.1) is 0 Å². The van der Waals surface area contributed by atoms with Crippen molar-refractivity contribution in [1.82, 2.24) is 0 Å². The zero-order valence-corrected chi connectivity index (χ0v) is 11.4. The van der Waals surface area contributed by atoms with Crippen molar-refractivity contribution in [2.24, 2.45) is 0 Å². The molecular formula is C15H21NO3. The van der Waals surface area contributed by atoms with Crippen LogP contribution in [0.25, 0.3) is 0 Å². The van der Waals surface area contributed by atoms with E-state index in [0.717, 1.165) is 25.7 Å². The molecule has 0 heterocycles. The molecule has 19 heavy (non-hydrogen) atoms. The van der Waals surface area contributed by atoms with Crippen molar-refractivity contribution in [3.05, 3.63) is 23.8 Å². The van der Waals surface area contributed by atoms with Gasteiger partial charge in [0.2, 0.25) is 0 Å². The second-order valence-corrected chi connectivity index (χ2v) is 4.98.